The molecule has 0 saturated heterocycles. The molecule has 0 heterocycles. The summed E-state index contributed by atoms with van der Waals surface area (Å²) >= 11 is 0. The molecule has 3 aromatic carbocycles. The maximum absolute atomic E-state index is 14.5. The van der Waals surface area contributed by atoms with Gasteiger partial charge in [-0.2, -0.15) is 0 Å². The van der Waals surface area contributed by atoms with Crippen LogP contribution in [0.25, 0.3) is 0 Å². The number of anilines is 3. The number of hydrogen-bond donors (Lipinski definition) is 3. The van der Waals surface area contributed by atoms with E-state index in [4.69, 9.17) is 4.74 Å². The SMILES string of the molecule is CCCCOC(=O)c1ccc(/N=N/c2ccc(NNc3ccc(N(C)C)cc3)cc2F)c(O)c1. The molecule has 0 saturated carbocycles. The van der Waals surface area contributed by atoms with E-state index in [-0.39, 0.29) is 22.7 Å². The molecule has 3 rings (SSSR count). The molecule has 0 aromatic heterocycles. The van der Waals surface area contributed by atoms with Crippen LogP contribution in [0.15, 0.2) is 70.9 Å². The van der Waals surface area contributed by atoms with Crippen molar-refractivity contribution >= 4 is 34.4 Å². The smallest absolute Gasteiger partial charge is 0.338 e. The molecule has 3 N–H and O–H groups in total. The molecule has 8 nitrogen and oxygen atoms in total. The van der Waals surface area contributed by atoms with Gasteiger partial charge in [-0.1, -0.05) is 13.3 Å². The number of phenolic OH excluding ortho intramolecular Hbond substituents is 1. The number of esters is 1. The molecule has 0 atom stereocenters. The zero-order chi connectivity index (χ0) is 24.5. The van der Waals surface area contributed by atoms with Crippen LogP contribution in [0.4, 0.5) is 32.8 Å². The lowest BCUT2D eigenvalue weighted by molar-refractivity contribution is 0.0499. The van der Waals surface area contributed by atoms with Crippen molar-refractivity contribution in [2.24, 2.45) is 10.2 Å². The van der Waals surface area contributed by atoms with E-state index in [0.717, 1.165) is 24.2 Å². The summed E-state index contributed by atoms with van der Waals surface area (Å²) in [7, 11) is 3.93. The Balaban J connectivity index is 1.61. The summed E-state index contributed by atoms with van der Waals surface area (Å²) in [4.78, 5) is 14.0. The number of rotatable bonds is 10. The fourth-order valence-corrected chi connectivity index (χ4v) is 2.89. The Hall–Kier alpha value is -4.14. The summed E-state index contributed by atoms with van der Waals surface area (Å²) in [5, 5.41) is 17.9. The van der Waals surface area contributed by atoms with Gasteiger partial charge in [-0.05, 0) is 61.0 Å². The second-order valence-electron chi connectivity index (χ2n) is 7.75. The maximum atomic E-state index is 14.5. The van der Waals surface area contributed by atoms with Gasteiger partial charge in [0.1, 0.15) is 17.1 Å². The lowest BCUT2D eigenvalue weighted by Crippen LogP contribution is -2.10. The summed E-state index contributed by atoms with van der Waals surface area (Å²) in [6, 6.07) is 16.3. The second kappa shape index (κ2) is 11.6. The number of unbranched alkanes of at least 4 members (excludes halogenated alkanes) is 1. The zero-order valence-corrected chi connectivity index (χ0v) is 19.4. The largest absolute Gasteiger partial charge is 0.506 e. The summed E-state index contributed by atoms with van der Waals surface area (Å²) < 4.78 is 19.6. The van der Waals surface area contributed by atoms with Crippen molar-refractivity contribution < 1.29 is 19.0 Å². The number of carbonyl (C=O) groups is 1. The van der Waals surface area contributed by atoms with E-state index in [0.29, 0.717) is 12.3 Å². The highest BCUT2D eigenvalue weighted by molar-refractivity contribution is 5.90. The number of phenols is 1. The average Bonchev–Trinajstić information content (AvgIpc) is 2.83. The molecule has 0 radical (unpaired) electrons. The van der Waals surface area contributed by atoms with Crippen LogP contribution >= 0.6 is 0 Å². The van der Waals surface area contributed by atoms with Crippen LogP contribution in [-0.2, 0) is 4.74 Å². The Morgan fingerprint density at radius 2 is 1.62 bits per heavy atom. The highest BCUT2D eigenvalue weighted by Crippen LogP contribution is 2.30. The number of halogens is 1. The van der Waals surface area contributed by atoms with E-state index < -0.39 is 11.8 Å². The highest BCUT2D eigenvalue weighted by atomic mass is 19.1. The van der Waals surface area contributed by atoms with Gasteiger partial charge in [0.15, 0.2) is 5.82 Å². The average molecular weight is 466 g/mol. The van der Waals surface area contributed by atoms with E-state index in [9.17, 15) is 14.3 Å². The second-order valence-corrected chi connectivity index (χ2v) is 7.75. The molecule has 0 aliphatic carbocycles. The van der Waals surface area contributed by atoms with E-state index in [1.54, 1.807) is 6.07 Å². The molecule has 3 aromatic rings. The Kier molecular flexibility index (Phi) is 8.39. The summed E-state index contributed by atoms with van der Waals surface area (Å²) in [5.74, 6) is -1.37. The fourth-order valence-electron chi connectivity index (χ4n) is 2.89. The predicted octanol–water partition coefficient (Wildman–Crippen LogP) is 6.41. The van der Waals surface area contributed by atoms with Gasteiger partial charge in [0.2, 0.25) is 0 Å². The Labute approximate surface area is 198 Å². The molecule has 0 spiro atoms. The van der Waals surface area contributed by atoms with Crippen molar-refractivity contribution in [2.75, 3.05) is 36.5 Å². The molecule has 9 heteroatoms. The number of carbonyl (C=O) groups excluding carboxylic acids is 1. The number of nitrogens with one attached hydrogen (secondary N) is 2. The minimum atomic E-state index is -0.589. The van der Waals surface area contributed by atoms with Crippen LogP contribution in [-0.4, -0.2) is 31.8 Å². The molecular formula is C25H28FN5O3. The van der Waals surface area contributed by atoms with Gasteiger partial charge in [0, 0.05) is 25.8 Å². The maximum Gasteiger partial charge on any atom is 0.338 e. The molecule has 0 unspecified atom stereocenters. The van der Waals surface area contributed by atoms with Crippen molar-refractivity contribution in [3.63, 3.8) is 0 Å². The quantitative estimate of drug-likeness (QED) is 0.139. The Morgan fingerprint density at radius 1 is 0.971 bits per heavy atom. The van der Waals surface area contributed by atoms with Crippen molar-refractivity contribution in [3.05, 3.63) is 72.0 Å². The van der Waals surface area contributed by atoms with Gasteiger partial charge in [-0.15, -0.1) is 10.2 Å². The Morgan fingerprint density at radius 3 is 2.26 bits per heavy atom. The van der Waals surface area contributed by atoms with Gasteiger partial charge in [0.25, 0.3) is 0 Å². The van der Waals surface area contributed by atoms with E-state index in [2.05, 4.69) is 21.1 Å². The number of nitrogens with zero attached hydrogens (tertiary/aromatic N) is 3. The van der Waals surface area contributed by atoms with Crippen molar-refractivity contribution in [1.29, 1.82) is 0 Å². The van der Waals surface area contributed by atoms with Crippen LogP contribution in [0.1, 0.15) is 30.1 Å². The molecule has 0 fully saturated rings. The minimum Gasteiger partial charge on any atom is -0.506 e. The summed E-state index contributed by atoms with van der Waals surface area (Å²) in [5.41, 5.74) is 8.65. The van der Waals surface area contributed by atoms with Gasteiger partial charge in [-0.3, -0.25) is 0 Å². The van der Waals surface area contributed by atoms with E-state index in [1.165, 1.54) is 30.3 Å². The number of aromatic hydroxyl groups is 1. The highest BCUT2D eigenvalue weighted by Gasteiger charge is 2.11. The molecule has 0 aliphatic heterocycles. The molecule has 0 bridgehead atoms. The molecule has 0 aliphatic rings. The fraction of sp³-hybridized carbons (Fsp3) is 0.240. The standard InChI is InChI=1S/C25H28FN5O3/c1-4-5-14-34-25(33)17-6-12-23(24(32)15-17)30-29-22-13-9-19(16-21(22)26)28-27-18-7-10-20(11-8-18)31(2)3/h6-13,15-16,27-28,32H,4-5,14H2,1-3H3/b30-29+. The Bertz CT molecular complexity index is 1150. The van der Waals surface area contributed by atoms with Crippen molar-refractivity contribution in [1.82, 2.24) is 0 Å². The third-order valence-corrected chi connectivity index (χ3v) is 4.89. The van der Waals surface area contributed by atoms with Gasteiger partial charge < -0.3 is 25.6 Å². The first kappa shape index (κ1) is 24.5. The predicted molar refractivity (Wildman–Crippen MR) is 132 cm³/mol. The summed E-state index contributed by atoms with van der Waals surface area (Å²) in [6.45, 7) is 2.31. The number of ether oxygens (including phenoxy) is 1. The van der Waals surface area contributed by atoms with Crippen molar-refractivity contribution in [3.8, 4) is 5.75 Å². The normalized spacial score (nSPS) is 10.8. The first-order chi connectivity index (χ1) is 16.4. The lowest BCUT2D eigenvalue weighted by Gasteiger charge is -2.14. The zero-order valence-electron chi connectivity index (χ0n) is 19.4. The summed E-state index contributed by atoms with van der Waals surface area (Å²) in [6.07, 6.45) is 1.68. The molecule has 34 heavy (non-hydrogen) atoms. The number of azo groups is 1. The van der Waals surface area contributed by atoms with Crippen LogP contribution in [0.5, 0.6) is 5.75 Å². The van der Waals surface area contributed by atoms with Crippen LogP contribution in [0.2, 0.25) is 0 Å². The molecule has 178 valence electrons. The van der Waals surface area contributed by atoms with Gasteiger partial charge in [0.05, 0.1) is 23.5 Å². The minimum absolute atomic E-state index is 0.00309. The van der Waals surface area contributed by atoms with Gasteiger partial charge in [-0.25, -0.2) is 9.18 Å². The number of benzene rings is 3. The first-order valence-corrected chi connectivity index (χ1v) is 10.9. The topological polar surface area (TPSA) is 98.5 Å². The van der Waals surface area contributed by atoms with Crippen LogP contribution < -0.4 is 15.8 Å². The van der Waals surface area contributed by atoms with E-state index >= 15 is 0 Å². The number of hydrazine groups is 1. The van der Waals surface area contributed by atoms with Crippen LogP contribution in [0, 0.1) is 5.82 Å². The number of hydrogen-bond acceptors (Lipinski definition) is 8. The van der Waals surface area contributed by atoms with Crippen molar-refractivity contribution in [2.45, 2.75) is 19.8 Å². The third kappa shape index (κ3) is 6.68. The van der Waals surface area contributed by atoms with Crippen LogP contribution in [0.3, 0.4) is 0 Å². The monoisotopic (exact) mass is 465 g/mol. The van der Waals surface area contributed by atoms with E-state index in [1.807, 2.05) is 50.2 Å². The molecule has 0 amide bonds. The third-order valence-electron chi connectivity index (χ3n) is 4.89. The van der Waals surface area contributed by atoms with Gasteiger partial charge >= 0.3 is 5.97 Å². The molecular weight excluding hydrogens is 437 g/mol. The first-order valence-electron chi connectivity index (χ1n) is 10.9. The lowest BCUT2D eigenvalue weighted by atomic mass is 10.2.